The van der Waals surface area contributed by atoms with Gasteiger partial charge in [-0.3, -0.25) is 4.79 Å². The highest BCUT2D eigenvalue weighted by atomic mass is 16.5. The Morgan fingerprint density at radius 2 is 2.04 bits per heavy atom. The fourth-order valence-corrected chi connectivity index (χ4v) is 3.53. The lowest BCUT2D eigenvalue weighted by molar-refractivity contribution is 0.0618. The number of aromatic nitrogens is 1. The maximum atomic E-state index is 12.9. The van der Waals surface area contributed by atoms with Crippen LogP contribution in [0.3, 0.4) is 0 Å². The summed E-state index contributed by atoms with van der Waals surface area (Å²) in [5.74, 6) is 1.76. The lowest BCUT2D eigenvalue weighted by Crippen LogP contribution is -2.34. The van der Waals surface area contributed by atoms with Gasteiger partial charge in [0.05, 0.1) is 19.4 Å². The van der Waals surface area contributed by atoms with Crippen molar-refractivity contribution in [2.24, 2.45) is 0 Å². The zero-order valence-electron chi connectivity index (χ0n) is 15.3. The van der Waals surface area contributed by atoms with Crippen molar-refractivity contribution in [3.63, 3.8) is 0 Å². The molecule has 1 fully saturated rings. The fourth-order valence-electron chi connectivity index (χ4n) is 3.53. The van der Waals surface area contributed by atoms with E-state index in [1.807, 2.05) is 35.2 Å². The number of furan rings is 1. The van der Waals surface area contributed by atoms with E-state index in [2.05, 4.69) is 5.16 Å². The Labute approximate surface area is 157 Å². The van der Waals surface area contributed by atoms with Gasteiger partial charge in [-0.25, -0.2) is 0 Å². The number of ether oxygens (including phenoxy) is 1. The first-order valence-corrected chi connectivity index (χ1v) is 9.22. The van der Waals surface area contributed by atoms with Gasteiger partial charge in [0, 0.05) is 18.2 Å². The Kier molecular flexibility index (Phi) is 4.96. The van der Waals surface area contributed by atoms with Gasteiger partial charge in [-0.2, -0.15) is 0 Å². The van der Waals surface area contributed by atoms with Crippen LogP contribution in [0.15, 0.2) is 57.7 Å². The molecule has 1 atom stereocenters. The molecule has 1 aromatic carbocycles. The first kappa shape index (κ1) is 17.4. The minimum Gasteiger partial charge on any atom is -0.497 e. The van der Waals surface area contributed by atoms with Crippen molar-refractivity contribution in [3.8, 4) is 17.0 Å². The molecule has 4 rings (SSSR count). The van der Waals surface area contributed by atoms with Gasteiger partial charge in [0.25, 0.3) is 5.91 Å². The number of likely N-dealkylation sites (tertiary alicyclic amines) is 1. The van der Waals surface area contributed by atoms with Gasteiger partial charge >= 0.3 is 0 Å². The van der Waals surface area contributed by atoms with Crippen LogP contribution in [0.5, 0.6) is 5.75 Å². The third-order valence-electron chi connectivity index (χ3n) is 4.99. The number of carbonyl (C=O) groups is 1. The van der Waals surface area contributed by atoms with Crippen molar-refractivity contribution >= 4 is 5.91 Å². The highest BCUT2D eigenvalue weighted by molar-refractivity contribution is 5.91. The Morgan fingerprint density at radius 3 is 2.78 bits per heavy atom. The van der Waals surface area contributed by atoms with Gasteiger partial charge in [-0.15, -0.1) is 0 Å². The van der Waals surface area contributed by atoms with Crippen LogP contribution >= 0.6 is 0 Å². The molecule has 140 valence electrons. The Balaban J connectivity index is 1.61. The van der Waals surface area contributed by atoms with E-state index in [0.717, 1.165) is 42.7 Å². The van der Waals surface area contributed by atoms with Crippen LogP contribution in [0.4, 0.5) is 0 Å². The van der Waals surface area contributed by atoms with Crippen molar-refractivity contribution in [3.05, 3.63) is 60.2 Å². The Morgan fingerprint density at radius 1 is 1.19 bits per heavy atom. The molecule has 6 nitrogen and oxygen atoms in total. The minimum atomic E-state index is -0.135. The second-order valence-electron chi connectivity index (χ2n) is 6.68. The van der Waals surface area contributed by atoms with E-state index < -0.39 is 0 Å². The predicted octanol–water partition coefficient (Wildman–Crippen LogP) is 4.70. The SMILES string of the molecule is COc1ccc(-c2cc([C@H]3CCCCCN3C(=O)c3ccco3)on2)cc1. The third kappa shape index (κ3) is 3.60. The predicted molar refractivity (Wildman–Crippen MR) is 99.4 cm³/mol. The van der Waals surface area contributed by atoms with E-state index in [1.54, 1.807) is 19.2 Å². The summed E-state index contributed by atoms with van der Waals surface area (Å²) in [5.41, 5.74) is 1.70. The average Bonchev–Trinajstić information content (AvgIpc) is 3.36. The van der Waals surface area contributed by atoms with Crippen LogP contribution in [0.25, 0.3) is 11.3 Å². The number of amides is 1. The maximum absolute atomic E-state index is 12.9. The van der Waals surface area contributed by atoms with Gasteiger partial charge in [0.15, 0.2) is 11.5 Å². The molecule has 0 saturated carbocycles. The van der Waals surface area contributed by atoms with Gasteiger partial charge in [-0.05, 0) is 49.2 Å². The molecule has 1 aliphatic heterocycles. The van der Waals surface area contributed by atoms with Crippen LogP contribution in [0.2, 0.25) is 0 Å². The second kappa shape index (κ2) is 7.70. The number of rotatable bonds is 4. The topological polar surface area (TPSA) is 68.7 Å². The summed E-state index contributed by atoms with van der Waals surface area (Å²) in [6.45, 7) is 0.683. The van der Waals surface area contributed by atoms with E-state index in [0.29, 0.717) is 18.1 Å². The summed E-state index contributed by atoms with van der Waals surface area (Å²) in [5, 5.41) is 4.23. The van der Waals surface area contributed by atoms with E-state index in [4.69, 9.17) is 13.7 Å². The number of hydrogen-bond donors (Lipinski definition) is 0. The molecule has 1 saturated heterocycles. The summed E-state index contributed by atoms with van der Waals surface area (Å²) in [6.07, 6.45) is 5.49. The summed E-state index contributed by atoms with van der Waals surface area (Å²) >= 11 is 0. The average molecular weight is 366 g/mol. The Bertz CT molecular complexity index is 883. The summed E-state index contributed by atoms with van der Waals surface area (Å²) in [7, 11) is 1.64. The summed E-state index contributed by atoms with van der Waals surface area (Å²) in [6, 6.07) is 12.9. The lowest BCUT2D eigenvalue weighted by Gasteiger charge is -2.27. The number of nitrogens with zero attached hydrogens (tertiary/aromatic N) is 2. The molecule has 3 heterocycles. The molecule has 3 aromatic rings. The van der Waals surface area contributed by atoms with Crippen molar-refractivity contribution in [2.75, 3.05) is 13.7 Å². The molecular weight excluding hydrogens is 344 g/mol. The normalized spacial score (nSPS) is 17.5. The van der Waals surface area contributed by atoms with E-state index in [-0.39, 0.29) is 11.9 Å². The molecule has 0 aliphatic carbocycles. The molecule has 0 radical (unpaired) electrons. The molecule has 2 aromatic heterocycles. The van der Waals surface area contributed by atoms with Crippen LogP contribution in [0.1, 0.15) is 48.0 Å². The van der Waals surface area contributed by atoms with Crippen LogP contribution < -0.4 is 4.74 Å². The van der Waals surface area contributed by atoms with E-state index in [9.17, 15) is 4.79 Å². The van der Waals surface area contributed by atoms with E-state index in [1.165, 1.54) is 6.26 Å². The second-order valence-corrected chi connectivity index (χ2v) is 6.68. The number of methoxy groups -OCH3 is 1. The molecule has 0 N–H and O–H groups in total. The monoisotopic (exact) mass is 366 g/mol. The fraction of sp³-hybridized carbons (Fsp3) is 0.333. The van der Waals surface area contributed by atoms with Crippen molar-refractivity contribution in [1.29, 1.82) is 0 Å². The summed E-state index contributed by atoms with van der Waals surface area (Å²) in [4.78, 5) is 14.8. The van der Waals surface area contributed by atoms with Crippen LogP contribution in [0, 0.1) is 0 Å². The van der Waals surface area contributed by atoms with Gasteiger partial charge in [0.2, 0.25) is 0 Å². The van der Waals surface area contributed by atoms with Crippen LogP contribution in [-0.4, -0.2) is 29.6 Å². The highest BCUT2D eigenvalue weighted by Crippen LogP contribution is 2.33. The molecule has 1 aliphatic rings. The first-order chi connectivity index (χ1) is 13.3. The zero-order chi connectivity index (χ0) is 18.6. The smallest absolute Gasteiger partial charge is 0.290 e. The number of benzene rings is 1. The van der Waals surface area contributed by atoms with Gasteiger partial charge < -0.3 is 18.6 Å². The quantitative estimate of drug-likeness (QED) is 0.669. The number of hydrogen-bond acceptors (Lipinski definition) is 5. The summed E-state index contributed by atoms with van der Waals surface area (Å²) < 4.78 is 16.2. The first-order valence-electron chi connectivity index (χ1n) is 9.22. The molecule has 6 heteroatoms. The third-order valence-corrected chi connectivity index (χ3v) is 4.99. The molecule has 27 heavy (non-hydrogen) atoms. The number of carbonyl (C=O) groups excluding carboxylic acids is 1. The highest BCUT2D eigenvalue weighted by Gasteiger charge is 2.31. The standard InChI is InChI=1S/C21H22N2O4/c1-25-16-10-8-15(9-11-16)17-14-20(27-22-17)18-6-3-2-4-12-23(18)21(24)19-7-5-13-26-19/h5,7-11,13-14,18H,2-4,6,12H2,1H3/t18-/m1/s1. The van der Waals surface area contributed by atoms with Crippen molar-refractivity contribution in [2.45, 2.75) is 31.7 Å². The van der Waals surface area contributed by atoms with Gasteiger partial charge in [-0.1, -0.05) is 18.0 Å². The lowest BCUT2D eigenvalue weighted by atomic mass is 10.1. The molecular formula is C21H22N2O4. The zero-order valence-corrected chi connectivity index (χ0v) is 15.3. The van der Waals surface area contributed by atoms with Crippen LogP contribution in [-0.2, 0) is 0 Å². The van der Waals surface area contributed by atoms with Crippen molar-refractivity contribution < 1.29 is 18.5 Å². The minimum absolute atomic E-state index is 0.103. The molecule has 0 spiro atoms. The van der Waals surface area contributed by atoms with Crippen molar-refractivity contribution in [1.82, 2.24) is 10.1 Å². The van der Waals surface area contributed by atoms with E-state index >= 15 is 0 Å². The molecule has 0 unspecified atom stereocenters. The molecule has 0 bridgehead atoms. The Hall–Kier alpha value is -3.02. The maximum Gasteiger partial charge on any atom is 0.290 e. The largest absolute Gasteiger partial charge is 0.497 e. The van der Waals surface area contributed by atoms with Gasteiger partial charge in [0.1, 0.15) is 11.4 Å². The molecule has 1 amide bonds.